The number of aryl methyl sites for hydroxylation is 1. The van der Waals surface area contributed by atoms with E-state index in [4.69, 9.17) is 4.74 Å². The summed E-state index contributed by atoms with van der Waals surface area (Å²) in [5.74, 6) is 1.83. The SMILES string of the molecule is Cc1ccccc1N(c1ccc(-c2ccccc2)cc1)c1ccc2c(c1)C1(c3ccccc3Oc3c1ccc1ccccc31)c1ccccc1-2. The maximum Gasteiger partial charge on any atom is 0.140 e. The van der Waals surface area contributed by atoms with Crippen molar-refractivity contribution in [3.63, 3.8) is 0 Å². The van der Waals surface area contributed by atoms with Gasteiger partial charge in [-0.3, -0.25) is 0 Å². The Bertz CT molecular complexity index is 2590. The number of hydrogen-bond donors (Lipinski definition) is 0. The third-order valence-electron chi connectivity index (χ3n) is 10.7. The Morgan fingerprint density at radius 2 is 1.12 bits per heavy atom. The summed E-state index contributed by atoms with van der Waals surface area (Å²) in [6.45, 7) is 2.20. The van der Waals surface area contributed by atoms with Crippen molar-refractivity contribution in [3.05, 3.63) is 210 Å². The predicted molar refractivity (Wildman–Crippen MR) is 206 cm³/mol. The number of rotatable bonds is 4. The summed E-state index contributed by atoms with van der Waals surface area (Å²) in [5.41, 5.74) is 13.9. The lowest BCUT2D eigenvalue weighted by atomic mass is 9.65. The Morgan fingerprint density at radius 1 is 0.460 bits per heavy atom. The highest BCUT2D eigenvalue weighted by molar-refractivity contribution is 5.96. The first kappa shape index (κ1) is 28.6. The van der Waals surface area contributed by atoms with Gasteiger partial charge in [-0.1, -0.05) is 146 Å². The average Bonchev–Trinajstić information content (AvgIpc) is 3.46. The number of benzene rings is 8. The van der Waals surface area contributed by atoms with Crippen LogP contribution in [0.1, 0.15) is 27.8 Å². The Balaban J connectivity index is 1.25. The second-order valence-corrected chi connectivity index (χ2v) is 13.3. The Hall–Kier alpha value is -6.38. The maximum absolute atomic E-state index is 6.88. The minimum absolute atomic E-state index is 0.565. The van der Waals surface area contributed by atoms with Gasteiger partial charge in [0.05, 0.1) is 5.41 Å². The second-order valence-electron chi connectivity index (χ2n) is 13.3. The van der Waals surface area contributed by atoms with Gasteiger partial charge in [0, 0.05) is 33.6 Å². The number of fused-ring (bicyclic) bond motifs is 11. The van der Waals surface area contributed by atoms with Gasteiger partial charge in [-0.05, 0) is 87.7 Å². The molecule has 8 aromatic carbocycles. The molecule has 0 radical (unpaired) electrons. The van der Waals surface area contributed by atoms with Gasteiger partial charge in [0.25, 0.3) is 0 Å². The van der Waals surface area contributed by atoms with Crippen LogP contribution in [0.25, 0.3) is 33.0 Å². The zero-order valence-corrected chi connectivity index (χ0v) is 27.7. The van der Waals surface area contributed by atoms with Gasteiger partial charge in [-0.2, -0.15) is 0 Å². The molecule has 0 saturated heterocycles. The molecule has 1 aliphatic carbocycles. The van der Waals surface area contributed by atoms with E-state index in [1.165, 1.54) is 55.5 Å². The van der Waals surface area contributed by atoms with Crippen molar-refractivity contribution in [3.8, 4) is 33.8 Å². The summed E-state index contributed by atoms with van der Waals surface area (Å²) in [6.07, 6.45) is 0. The molecular formula is C48H33NO. The fourth-order valence-corrected chi connectivity index (χ4v) is 8.43. The van der Waals surface area contributed by atoms with Crippen LogP contribution in [0.2, 0.25) is 0 Å². The highest BCUT2D eigenvalue weighted by atomic mass is 16.5. The van der Waals surface area contributed by atoms with Gasteiger partial charge in [0.2, 0.25) is 0 Å². The zero-order chi connectivity index (χ0) is 33.2. The van der Waals surface area contributed by atoms with Crippen LogP contribution in [0.5, 0.6) is 11.5 Å². The lowest BCUT2D eigenvalue weighted by Crippen LogP contribution is -2.32. The molecule has 1 spiro atoms. The van der Waals surface area contributed by atoms with Gasteiger partial charge in [-0.15, -0.1) is 0 Å². The first-order valence-corrected chi connectivity index (χ1v) is 17.3. The standard InChI is InChI=1S/C48H33NO/c1-32-13-5-11-21-45(32)49(36-26-23-34(24-27-36)33-14-3-2-4-15-33)37-28-29-40-39-18-8-9-19-41(39)48(44(40)31-37)42-20-10-12-22-46(42)50-47-38-17-7-6-16-35(38)25-30-43(47)48/h2-31H,1H3. The second kappa shape index (κ2) is 11.1. The molecule has 50 heavy (non-hydrogen) atoms. The van der Waals surface area contributed by atoms with Gasteiger partial charge in [0.1, 0.15) is 11.5 Å². The molecule has 1 unspecified atom stereocenters. The molecule has 0 fully saturated rings. The normalized spacial score (nSPS) is 15.1. The van der Waals surface area contributed by atoms with Crippen molar-refractivity contribution in [2.24, 2.45) is 0 Å². The summed E-state index contributed by atoms with van der Waals surface area (Å²) in [4.78, 5) is 2.41. The van der Waals surface area contributed by atoms with Gasteiger partial charge in [0.15, 0.2) is 0 Å². The predicted octanol–water partition coefficient (Wildman–Crippen LogP) is 12.8. The molecule has 0 saturated carbocycles. The van der Waals surface area contributed by atoms with Crippen LogP contribution < -0.4 is 9.64 Å². The minimum atomic E-state index is -0.565. The van der Waals surface area contributed by atoms with E-state index in [2.05, 4.69) is 194 Å². The van der Waals surface area contributed by atoms with E-state index < -0.39 is 5.41 Å². The minimum Gasteiger partial charge on any atom is -0.456 e. The summed E-state index contributed by atoms with van der Waals surface area (Å²) in [7, 11) is 0. The summed E-state index contributed by atoms with van der Waals surface area (Å²) >= 11 is 0. The van der Waals surface area contributed by atoms with E-state index in [-0.39, 0.29) is 0 Å². The average molecular weight is 640 g/mol. The largest absolute Gasteiger partial charge is 0.456 e. The monoisotopic (exact) mass is 639 g/mol. The molecule has 2 nitrogen and oxygen atoms in total. The number of nitrogens with zero attached hydrogens (tertiary/aromatic N) is 1. The van der Waals surface area contributed by atoms with Gasteiger partial charge >= 0.3 is 0 Å². The smallest absolute Gasteiger partial charge is 0.140 e. The lowest BCUT2D eigenvalue weighted by molar-refractivity contribution is 0.441. The first-order valence-electron chi connectivity index (χ1n) is 17.3. The van der Waals surface area contributed by atoms with E-state index >= 15 is 0 Å². The molecule has 0 N–H and O–H groups in total. The van der Waals surface area contributed by atoms with Crippen molar-refractivity contribution >= 4 is 27.8 Å². The molecular weight excluding hydrogens is 607 g/mol. The third-order valence-corrected chi connectivity index (χ3v) is 10.7. The molecule has 1 heterocycles. The molecule has 236 valence electrons. The van der Waals surface area contributed by atoms with E-state index in [1.54, 1.807) is 0 Å². The first-order chi connectivity index (χ1) is 24.7. The molecule has 1 aliphatic heterocycles. The summed E-state index contributed by atoms with van der Waals surface area (Å²) in [5, 5.41) is 2.30. The van der Waals surface area contributed by atoms with Crippen LogP contribution in [0.3, 0.4) is 0 Å². The van der Waals surface area contributed by atoms with E-state index in [9.17, 15) is 0 Å². The highest BCUT2D eigenvalue weighted by Gasteiger charge is 2.51. The van der Waals surface area contributed by atoms with Crippen molar-refractivity contribution in [1.82, 2.24) is 0 Å². The number of anilines is 3. The molecule has 2 aliphatic rings. The van der Waals surface area contributed by atoms with Crippen LogP contribution in [0, 0.1) is 6.92 Å². The third kappa shape index (κ3) is 4.09. The van der Waals surface area contributed by atoms with Crippen LogP contribution in [-0.2, 0) is 5.41 Å². The van der Waals surface area contributed by atoms with Crippen molar-refractivity contribution in [1.29, 1.82) is 0 Å². The van der Waals surface area contributed by atoms with Gasteiger partial charge in [-0.25, -0.2) is 0 Å². The fourth-order valence-electron chi connectivity index (χ4n) is 8.43. The molecule has 0 aromatic heterocycles. The quantitative estimate of drug-likeness (QED) is 0.190. The molecule has 10 rings (SSSR count). The van der Waals surface area contributed by atoms with Crippen LogP contribution in [0.4, 0.5) is 17.1 Å². The van der Waals surface area contributed by atoms with Crippen LogP contribution >= 0.6 is 0 Å². The maximum atomic E-state index is 6.88. The van der Waals surface area contributed by atoms with Crippen LogP contribution in [-0.4, -0.2) is 0 Å². The molecule has 0 bridgehead atoms. The molecule has 2 heteroatoms. The number of hydrogen-bond acceptors (Lipinski definition) is 2. The summed E-state index contributed by atoms with van der Waals surface area (Å²) in [6, 6.07) is 65.9. The van der Waals surface area contributed by atoms with Gasteiger partial charge < -0.3 is 9.64 Å². The highest BCUT2D eigenvalue weighted by Crippen LogP contribution is 2.63. The number of ether oxygens (including phenoxy) is 1. The molecule has 8 aromatic rings. The van der Waals surface area contributed by atoms with Crippen molar-refractivity contribution in [2.45, 2.75) is 12.3 Å². The Morgan fingerprint density at radius 3 is 1.98 bits per heavy atom. The molecule has 1 atom stereocenters. The van der Waals surface area contributed by atoms with E-state index in [0.29, 0.717) is 0 Å². The zero-order valence-electron chi connectivity index (χ0n) is 27.7. The van der Waals surface area contributed by atoms with Crippen molar-refractivity contribution in [2.75, 3.05) is 4.90 Å². The van der Waals surface area contributed by atoms with Crippen LogP contribution in [0.15, 0.2) is 182 Å². The fraction of sp³-hybridized carbons (Fsp3) is 0.0417. The summed E-state index contributed by atoms with van der Waals surface area (Å²) < 4.78 is 6.88. The van der Waals surface area contributed by atoms with Crippen molar-refractivity contribution < 1.29 is 4.74 Å². The Labute approximate surface area is 292 Å². The topological polar surface area (TPSA) is 12.5 Å². The van der Waals surface area contributed by atoms with E-state index in [1.807, 2.05) is 0 Å². The lowest BCUT2D eigenvalue weighted by Gasteiger charge is -2.40. The van der Waals surface area contributed by atoms with E-state index in [0.717, 1.165) is 33.9 Å². The number of para-hydroxylation sites is 2. The Kier molecular flexibility index (Phi) is 6.34. The molecule has 0 amide bonds.